The van der Waals surface area contributed by atoms with Crippen LogP contribution in [0.5, 0.6) is 0 Å². The summed E-state index contributed by atoms with van der Waals surface area (Å²) in [6.07, 6.45) is 4.28. The fraction of sp³-hybridized carbons (Fsp3) is 0.211. The number of fused-ring (bicyclic) bond motifs is 1. The standard InChI is InChI=1S/C19H18O2/c1-13-8-10-14(11-9-13)17-6-2-4-15-12-16(19(20)21)5-3-7-18(15)17/h2,4,6,8-12H,3,5,7H2,1H3,(H,20,21). The predicted molar refractivity (Wildman–Crippen MR) is 85.2 cm³/mol. The van der Waals surface area contributed by atoms with Crippen molar-refractivity contribution in [3.8, 4) is 11.1 Å². The van der Waals surface area contributed by atoms with Crippen LogP contribution in [0.3, 0.4) is 0 Å². The molecule has 0 amide bonds. The van der Waals surface area contributed by atoms with E-state index in [-0.39, 0.29) is 0 Å². The lowest BCUT2D eigenvalue weighted by Gasteiger charge is -2.12. The zero-order valence-corrected chi connectivity index (χ0v) is 12.1. The summed E-state index contributed by atoms with van der Waals surface area (Å²) in [5.74, 6) is -0.802. The van der Waals surface area contributed by atoms with Gasteiger partial charge in [-0.3, -0.25) is 0 Å². The molecule has 0 saturated heterocycles. The Labute approximate surface area is 124 Å². The summed E-state index contributed by atoms with van der Waals surface area (Å²) in [6.45, 7) is 2.08. The highest BCUT2D eigenvalue weighted by molar-refractivity contribution is 5.93. The van der Waals surface area contributed by atoms with E-state index in [1.54, 1.807) is 0 Å². The minimum Gasteiger partial charge on any atom is -0.478 e. The second kappa shape index (κ2) is 5.57. The highest BCUT2D eigenvalue weighted by Crippen LogP contribution is 2.32. The topological polar surface area (TPSA) is 37.3 Å². The molecular weight excluding hydrogens is 260 g/mol. The zero-order chi connectivity index (χ0) is 14.8. The van der Waals surface area contributed by atoms with E-state index in [0.29, 0.717) is 12.0 Å². The molecule has 1 aliphatic rings. The molecule has 1 N–H and O–H groups in total. The fourth-order valence-electron chi connectivity index (χ4n) is 2.91. The summed E-state index contributed by atoms with van der Waals surface area (Å²) < 4.78 is 0. The Balaban J connectivity index is 2.12. The molecular formula is C19H18O2. The van der Waals surface area contributed by atoms with Gasteiger partial charge in [0.15, 0.2) is 0 Å². The van der Waals surface area contributed by atoms with Gasteiger partial charge in [-0.2, -0.15) is 0 Å². The van der Waals surface area contributed by atoms with Crippen molar-refractivity contribution in [1.29, 1.82) is 0 Å². The molecule has 0 bridgehead atoms. The third-order valence-corrected chi connectivity index (χ3v) is 4.05. The quantitative estimate of drug-likeness (QED) is 0.880. The molecule has 0 atom stereocenters. The first-order chi connectivity index (χ1) is 10.1. The van der Waals surface area contributed by atoms with E-state index in [9.17, 15) is 9.90 Å². The van der Waals surface area contributed by atoms with Crippen LogP contribution in [0.1, 0.15) is 29.5 Å². The Bertz CT molecular complexity index is 709. The van der Waals surface area contributed by atoms with Crippen LogP contribution in [-0.4, -0.2) is 11.1 Å². The van der Waals surface area contributed by atoms with Crippen LogP contribution >= 0.6 is 0 Å². The Morgan fingerprint density at radius 1 is 1.05 bits per heavy atom. The van der Waals surface area contributed by atoms with Gasteiger partial charge in [0.2, 0.25) is 0 Å². The third-order valence-electron chi connectivity index (χ3n) is 4.05. The molecule has 3 rings (SSSR count). The van der Waals surface area contributed by atoms with Gasteiger partial charge in [-0.15, -0.1) is 0 Å². The van der Waals surface area contributed by atoms with Crippen molar-refractivity contribution in [3.05, 3.63) is 64.7 Å². The number of carboxylic acid groups (broad SMARTS) is 1. The van der Waals surface area contributed by atoms with E-state index >= 15 is 0 Å². The first-order valence-corrected chi connectivity index (χ1v) is 7.28. The van der Waals surface area contributed by atoms with Gasteiger partial charge in [0.05, 0.1) is 0 Å². The summed E-state index contributed by atoms with van der Waals surface area (Å²) in [5.41, 5.74) is 6.48. The molecule has 0 radical (unpaired) electrons. The molecule has 0 heterocycles. The maximum absolute atomic E-state index is 11.2. The van der Waals surface area contributed by atoms with Gasteiger partial charge in [0, 0.05) is 5.57 Å². The summed E-state index contributed by atoms with van der Waals surface area (Å²) in [7, 11) is 0. The first-order valence-electron chi connectivity index (χ1n) is 7.28. The summed E-state index contributed by atoms with van der Waals surface area (Å²) in [4.78, 5) is 11.2. The number of hydrogen-bond acceptors (Lipinski definition) is 1. The lowest BCUT2D eigenvalue weighted by Crippen LogP contribution is -1.99. The molecule has 0 saturated carbocycles. The van der Waals surface area contributed by atoms with Crippen molar-refractivity contribution in [2.75, 3.05) is 0 Å². The van der Waals surface area contributed by atoms with Gasteiger partial charge in [0.25, 0.3) is 0 Å². The number of aliphatic carboxylic acids is 1. The van der Waals surface area contributed by atoms with E-state index in [4.69, 9.17) is 0 Å². The molecule has 106 valence electrons. The van der Waals surface area contributed by atoms with Gasteiger partial charge in [-0.25, -0.2) is 4.79 Å². The molecule has 0 unspecified atom stereocenters. The summed E-state index contributed by atoms with van der Waals surface area (Å²) >= 11 is 0. The molecule has 2 aromatic rings. The molecule has 1 aliphatic carbocycles. The van der Waals surface area contributed by atoms with Crippen molar-refractivity contribution >= 4 is 12.0 Å². The number of benzene rings is 2. The largest absolute Gasteiger partial charge is 0.478 e. The first kappa shape index (κ1) is 13.6. The number of hydrogen-bond donors (Lipinski definition) is 1. The number of carboxylic acids is 1. The van der Waals surface area contributed by atoms with Crippen LogP contribution in [-0.2, 0) is 11.2 Å². The predicted octanol–water partition coefficient (Wildman–Crippen LogP) is 4.47. The van der Waals surface area contributed by atoms with Crippen LogP contribution in [0.2, 0.25) is 0 Å². The SMILES string of the molecule is Cc1ccc(-c2cccc3c2CCCC(C(=O)O)=C3)cc1. The fourth-order valence-corrected chi connectivity index (χ4v) is 2.91. The molecule has 0 aromatic heterocycles. The molecule has 21 heavy (non-hydrogen) atoms. The number of carbonyl (C=O) groups is 1. The average molecular weight is 278 g/mol. The van der Waals surface area contributed by atoms with Crippen molar-refractivity contribution in [2.24, 2.45) is 0 Å². The Kier molecular flexibility index (Phi) is 3.61. The summed E-state index contributed by atoms with van der Waals surface area (Å²) in [6, 6.07) is 14.7. The van der Waals surface area contributed by atoms with Crippen LogP contribution < -0.4 is 0 Å². The van der Waals surface area contributed by atoms with Crippen molar-refractivity contribution < 1.29 is 9.90 Å². The summed E-state index contributed by atoms with van der Waals surface area (Å²) in [5, 5.41) is 9.24. The molecule has 2 aromatic carbocycles. The van der Waals surface area contributed by atoms with E-state index < -0.39 is 5.97 Å². The van der Waals surface area contributed by atoms with Crippen LogP contribution in [0, 0.1) is 6.92 Å². The van der Waals surface area contributed by atoms with Gasteiger partial charge in [0.1, 0.15) is 0 Å². The van der Waals surface area contributed by atoms with Gasteiger partial charge < -0.3 is 5.11 Å². The minimum atomic E-state index is -0.802. The van der Waals surface area contributed by atoms with Crippen molar-refractivity contribution in [1.82, 2.24) is 0 Å². The highest BCUT2D eigenvalue weighted by Gasteiger charge is 2.16. The third kappa shape index (κ3) is 2.75. The lowest BCUT2D eigenvalue weighted by atomic mass is 9.93. The smallest absolute Gasteiger partial charge is 0.331 e. The lowest BCUT2D eigenvalue weighted by molar-refractivity contribution is -0.132. The Morgan fingerprint density at radius 3 is 2.52 bits per heavy atom. The Hall–Kier alpha value is -2.35. The van der Waals surface area contributed by atoms with E-state index in [1.165, 1.54) is 22.3 Å². The van der Waals surface area contributed by atoms with Crippen molar-refractivity contribution in [2.45, 2.75) is 26.2 Å². The average Bonchev–Trinajstić information content (AvgIpc) is 2.70. The number of rotatable bonds is 2. The second-order valence-corrected chi connectivity index (χ2v) is 5.57. The van der Waals surface area contributed by atoms with Crippen LogP contribution in [0.4, 0.5) is 0 Å². The van der Waals surface area contributed by atoms with E-state index in [2.05, 4.69) is 37.3 Å². The molecule has 0 fully saturated rings. The number of aryl methyl sites for hydroxylation is 1. The van der Waals surface area contributed by atoms with Gasteiger partial charge in [-0.1, -0.05) is 48.0 Å². The van der Waals surface area contributed by atoms with E-state index in [0.717, 1.165) is 18.4 Å². The maximum Gasteiger partial charge on any atom is 0.331 e. The monoisotopic (exact) mass is 278 g/mol. The van der Waals surface area contributed by atoms with Gasteiger partial charge >= 0.3 is 5.97 Å². The van der Waals surface area contributed by atoms with Crippen molar-refractivity contribution in [3.63, 3.8) is 0 Å². The Morgan fingerprint density at radius 2 is 1.81 bits per heavy atom. The maximum atomic E-state index is 11.2. The zero-order valence-electron chi connectivity index (χ0n) is 12.1. The minimum absolute atomic E-state index is 0.509. The van der Waals surface area contributed by atoms with Crippen LogP contribution in [0.25, 0.3) is 17.2 Å². The molecule has 0 spiro atoms. The van der Waals surface area contributed by atoms with E-state index in [1.807, 2.05) is 18.2 Å². The highest BCUT2D eigenvalue weighted by atomic mass is 16.4. The molecule has 0 aliphatic heterocycles. The molecule has 2 heteroatoms. The van der Waals surface area contributed by atoms with Gasteiger partial charge in [-0.05, 0) is 54.5 Å². The molecule has 2 nitrogen and oxygen atoms in total. The van der Waals surface area contributed by atoms with Crippen LogP contribution in [0.15, 0.2) is 48.0 Å². The normalized spacial score (nSPS) is 14.0. The second-order valence-electron chi connectivity index (χ2n) is 5.57.